The van der Waals surface area contributed by atoms with Crippen LogP contribution in [0.2, 0.25) is 0 Å². The minimum atomic E-state index is 0.579. The van der Waals surface area contributed by atoms with Gasteiger partial charge in [0.25, 0.3) is 0 Å². The van der Waals surface area contributed by atoms with Crippen molar-refractivity contribution in [2.75, 3.05) is 19.1 Å². The van der Waals surface area contributed by atoms with Crippen LogP contribution >= 0.6 is 11.3 Å². The number of nitrogens with one attached hydrogen (secondary N) is 1. The molecule has 2 aromatic carbocycles. The van der Waals surface area contributed by atoms with Crippen molar-refractivity contribution >= 4 is 22.7 Å². The summed E-state index contributed by atoms with van der Waals surface area (Å²) < 4.78 is 10.9. The van der Waals surface area contributed by atoms with Gasteiger partial charge in [0.1, 0.15) is 0 Å². The first-order chi connectivity index (χ1) is 13.1. The first kappa shape index (κ1) is 18.9. The van der Waals surface area contributed by atoms with Crippen LogP contribution in [0.4, 0.5) is 5.13 Å². The molecule has 0 atom stereocenters. The van der Waals surface area contributed by atoms with E-state index < -0.39 is 0 Å². The van der Waals surface area contributed by atoms with Gasteiger partial charge in [-0.15, -0.1) is 11.3 Å². The van der Waals surface area contributed by atoms with Gasteiger partial charge >= 0.3 is 0 Å². The van der Waals surface area contributed by atoms with Crippen LogP contribution in [0.25, 0.3) is 11.3 Å². The normalized spacial score (nSPS) is 11.0. The van der Waals surface area contributed by atoms with Gasteiger partial charge in [0.15, 0.2) is 11.5 Å². The smallest absolute Gasteiger partial charge is 0.203 e. The van der Waals surface area contributed by atoms with Crippen molar-refractivity contribution < 1.29 is 9.47 Å². The number of hydrogen-bond donors (Lipinski definition) is 1. The number of aromatic nitrogens is 1. The van der Waals surface area contributed by atoms with Crippen LogP contribution in [0.3, 0.4) is 0 Å². The Morgan fingerprint density at radius 3 is 2.74 bits per heavy atom. The van der Waals surface area contributed by atoms with Crippen molar-refractivity contribution in [3.63, 3.8) is 0 Å². The zero-order chi connectivity index (χ0) is 19.2. The molecule has 0 aliphatic rings. The Bertz CT molecular complexity index is 950. The van der Waals surface area contributed by atoms with Crippen molar-refractivity contribution in [2.24, 2.45) is 5.10 Å². The highest BCUT2D eigenvalue weighted by molar-refractivity contribution is 7.14. The highest BCUT2D eigenvalue weighted by Crippen LogP contribution is 2.29. The van der Waals surface area contributed by atoms with E-state index in [1.54, 1.807) is 13.3 Å². The molecule has 27 heavy (non-hydrogen) atoms. The number of hydrazone groups is 1. The van der Waals surface area contributed by atoms with E-state index in [1.165, 1.54) is 22.5 Å². The quantitative estimate of drug-likeness (QED) is 0.447. The van der Waals surface area contributed by atoms with Gasteiger partial charge in [0, 0.05) is 10.9 Å². The van der Waals surface area contributed by atoms with Gasteiger partial charge in [-0.2, -0.15) is 5.10 Å². The number of aryl methyl sites for hydroxylation is 2. The van der Waals surface area contributed by atoms with Crippen molar-refractivity contribution in [3.05, 3.63) is 58.5 Å². The molecule has 0 saturated carbocycles. The van der Waals surface area contributed by atoms with Gasteiger partial charge in [-0.3, -0.25) is 5.43 Å². The fraction of sp³-hybridized carbons (Fsp3) is 0.238. The maximum absolute atomic E-state index is 5.59. The Hall–Kier alpha value is -2.86. The molecular formula is C21H23N3O2S. The van der Waals surface area contributed by atoms with Crippen LogP contribution in [0.1, 0.15) is 23.6 Å². The Morgan fingerprint density at radius 1 is 1.15 bits per heavy atom. The molecule has 0 spiro atoms. The van der Waals surface area contributed by atoms with Crippen molar-refractivity contribution in [1.29, 1.82) is 0 Å². The molecule has 0 aliphatic heterocycles. The van der Waals surface area contributed by atoms with E-state index in [-0.39, 0.29) is 0 Å². The molecule has 0 amide bonds. The fourth-order valence-electron chi connectivity index (χ4n) is 2.75. The first-order valence-corrected chi connectivity index (χ1v) is 9.61. The summed E-state index contributed by atoms with van der Waals surface area (Å²) in [4.78, 5) is 4.63. The zero-order valence-electron chi connectivity index (χ0n) is 15.9. The van der Waals surface area contributed by atoms with E-state index in [2.05, 4.69) is 47.6 Å². The Morgan fingerprint density at radius 2 is 2.00 bits per heavy atom. The maximum atomic E-state index is 5.59. The highest BCUT2D eigenvalue weighted by Gasteiger charge is 2.07. The third-order valence-corrected chi connectivity index (χ3v) is 4.77. The second kappa shape index (κ2) is 8.68. The summed E-state index contributed by atoms with van der Waals surface area (Å²) in [6, 6.07) is 12.1. The standard InChI is InChI=1S/C21H23N3O2S/c1-5-26-20-11-16(7-9-19(20)25-4)12-22-24-21-23-18(13-27-21)17-8-6-14(2)10-15(17)3/h6-13H,5H2,1-4H3,(H,23,24)/b22-12-. The predicted molar refractivity (Wildman–Crippen MR) is 112 cm³/mol. The molecule has 0 bridgehead atoms. The lowest BCUT2D eigenvalue weighted by Gasteiger charge is -2.09. The average molecular weight is 382 g/mol. The molecule has 5 nitrogen and oxygen atoms in total. The van der Waals surface area contributed by atoms with Gasteiger partial charge < -0.3 is 9.47 Å². The third kappa shape index (κ3) is 4.65. The van der Waals surface area contributed by atoms with E-state index in [9.17, 15) is 0 Å². The molecule has 0 aliphatic carbocycles. The summed E-state index contributed by atoms with van der Waals surface area (Å²) in [6.45, 7) is 6.72. The SMILES string of the molecule is CCOc1cc(/C=N\Nc2nc(-c3ccc(C)cc3C)cs2)ccc1OC. The molecule has 3 aromatic rings. The molecule has 0 fully saturated rings. The maximum Gasteiger partial charge on any atom is 0.203 e. The average Bonchev–Trinajstić information content (AvgIpc) is 3.11. The monoisotopic (exact) mass is 381 g/mol. The van der Waals surface area contributed by atoms with E-state index in [1.807, 2.05) is 30.5 Å². The van der Waals surface area contributed by atoms with E-state index in [0.717, 1.165) is 22.0 Å². The summed E-state index contributed by atoms with van der Waals surface area (Å²) in [5, 5.41) is 7.08. The molecule has 140 valence electrons. The van der Waals surface area contributed by atoms with Gasteiger partial charge in [-0.25, -0.2) is 4.98 Å². The molecule has 0 radical (unpaired) electrons. The summed E-state index contributed by atoms with van der Waals surface area (Å²) in [5.41, 5.74) is 8.48. The number of hydrogen-bond acceptors (Lipinski definition) is 6. The van der Waals surface area contributed by atoms with Gasteiger partial charge in [0.05, 0.1) is 25.6 Å². The van der Waals surface area contributed by atoms with Crippen LogP contribution in [0, 0.1) is 13.8 Å². The van der Waals surface area contributed by atoms with Crippen molar-refractivity contribution in [3.8, 4) is 22.8 Å². The van der Waals surface area contributed by atoms with Crippen molar-refractivity contribution in [2.45, 2.75) is 20.8 Å². The van der Waals surface area contributed by atoms with Crippen LogP contribution in [0.15, 0.2) is 46.9 Å². The lowest BCUT2D eigenvalue weighted by atomic mass is 10.0. The van der Waals surface area contributed by atoms with Gasteiger partial charge in [-0.1, -0.05) is 23.8 Å². The highest BCUT2D eigenvalue weighted by atomic mass is 32.1. The van der Waals surface area contributed by atoms with Crippen LogP contribution in [0.5, 0.6) is 11.5 Å². The summed E-state index contributed by atoms with van der Waals surface area (Å²) in [6.07, 6.45) is 1.74. The van der Waals surface area contributed by atoms with Crippen LogP contribution in [-0.2, 0) is 0 Å². The second-order valence-corrected chi connectivity index (χ2v) is 6.93. The largest absolute Gasteiger partial charge is 0.493 e. The van der Waals surface area contributed by atoms with Gasteiger partial charge in [-0.05, 0) is 50.1 Å². The zero-order valence-corrected chi connectivity index (χ0v) is 16.8. The molecular weight excluding hydrogens is 358 g/mol. The number of methoxy groups -OCH3 is 1. The van der Waals surface area contributed by atoms with Gasteiger partial charge in [0.2, 0.25) is 5.13 Å². The molecule has 1 heterocycles. The number of ether oxygens (including phenoxy) is 2. The lowest BCUT2D eigenvalue weighted by molar-refractivity contribution is 0.311. The van der Waals surface area contributed by atoms with Crippen LogP contribution < -0.4 is 14.9 Å². The Balaban J connectivity index is 1.70. The van der Waals surface area contributed by atoms with E-state index >= 15 is 0 Å². The number of rotatable bonds is 7. The lowest BCUT2D eigenvalue weighted by Crippen LogP contribution is -1.97. The molecule has 6 heteroatoms. The molecule has 3 rings (SSSR count). The number of anilines is 1. The summed E-state index contributed by atoms with van der Waals surface area (Å²) in [5.74, 6) is 1.41. The molecule has 1 N–H and O–H groups in total. The van der Waals surface area contributed by atoms with Crippen LogP contribution in [-0.4, -0.2) is 24.9 Å². The third-order valence-electron chi connectivity index (χ3n) is 4.02. The summed E-state index contributed by atoms with van der Waals surface area (Å²) in [7, 11) is 1.63. The predicted octanol–water partition coefficient (Wildman–Crippen LogP) is 5.28. The van der Waals surface area contributed by atoms with E-state index in [4.69, 9.17) is 9.47 Å². The Labute approximate surface area is 163 Å². The Kier molecular flexibility index (Phi) is 6.08. The molecule has 1 aromatic heterocycles. The number of thiazole rings is 1. The number of benzene rings is 2. The summed E-state index contributed by atoms with van der Waals surface area (Å²) >= 11 is 1.53. The van der Waals surface area contributed by atoms with E-state index in [0.29, 0.717) is 18.1 Å². The minimum absolute atomic E-state index is 0.579. The topological polar surface area (TPSA) is 55.7 Å². The molecule has 0 unspecified atom stereocenters. The minimum Gasteiger partial charge on any atom is -0.493 e. The second-order valence-electron chi connectivity index (χ2n) is 6.07. The number of nitrogens with zero attached hydrogens (tertiary/aromatic N) is 2. The first-order valence-electron chi connectivity index (χ1n) is 8.73. The molecule has 0 saturated heterocycles. The van der Waals surface area contributed by atoms with Crippen molar-refractivity contribution in [1.82, 2.24) is 4.98 Å². The fourth-order valence-corrected chi connectivity index (χ4v) is 3.41.